The molecule has 0 fully saturated rings. The summed E-state index contributed by atoms with van der Waals surface area (Å²) >= 11 is 0. The molecule has 1 rings (SSSR count). The van der Waals surface area contributed by atoms with Crippen LogP contribution in [0.25, 0.3) is 0 Å². The zero-order valence-electron chi connectivity index (χ0n) is 7.76. The van der Waals surface area contributed by atoms with Crippen molar-refractivity contribution in [1.82, 2.24) is 5.06 Å². The van der Waals surface area contributed by atoms with Crippen LogP contribution in [0.15, 0.2) is 30.3 Å². The van der Waals surface area contributed by atoms with E-state index in [2.05, 4.69) is 0 Å². The lowest BCUT2D eigenvalue weighted by Gasteiger charge is -2.12. The van der Waals surface area contributed by atoms with E-state index in [0.717, 1.165) is 10.6 Å². The Bertz CT molecular complexity index is 287. The van der Waals surface area contributed by atoms with Crippen molar-refractivity contribution in [1.29, 1.82) is 0 Å². The molecule has 0 amide bonds. The molecule has 0 heterocycles. The second-order valence-electron chi connectivity index (χ2n) is 3.02. The molecular formula is C10H13NO3. The topological polar surface area (TPSA) is 60.8 Å². The maximum Gasteiger partial charge on any atom is 0.304 e. The summed E-state index contributed by atoms with van der Waals surface area (Å²) < 4.78 is 0. The fraction of sp³-hybridized carbons (Fsp3) is 0.300. The summed E-state index contributed by atoms with van der Waals surface area (Å²) in [7, 11) is 0. The average molecular weight is 195 g/mol. The molecule has 0 aromatic heterocycles. The highest BCUT2D eigenvalue weighted by Gasteiger charge is 2.04. The quantitative estimate of drug-likeness (QED) is 0.696. The van der Waals surface area contributed by atoms with Crippen molar-refractivity contribution in [3.8, 4) is 0 Å². The number of carbonyl (C=O) groups is 1. The summed E-state index contributed by atoms with van der Waals surface area (Å²) in [6, 6.07) is 9.40. The van der Waals surface area contributed by atoms with Gasteiger partial charge in [-0.25, -0.2) is 0 Å². The summed E-state index contributed by atoms with van der Waals surface area (Å²) in [4.78, 5) is 10.2. The Labute approximate surface area is 82.4 Å². The highest BCUT2D eigenvalue weighted by atomic mass is 16.5. The highest BCUT2D eigenvalue weighted by Crippen LogP contribution is 2.02. The second-order valence-corrected chi connectivity index (χ2v) is 3.02. The Hall–Kier alpha value is -1.39. The molecule has 0 aliphatic heterocycles. The normalized spacial score (nSPS) is 10.4. The molecule has 76 valence electrons. The summed E-state index contributed by atoms with van der Waals surface area (Å²) in [6.45, 7) is 0.498. The van der Waals surface area contributed by atoms with Crippen molar-refractivity contribution in [3.05, 3.63) is 35.9 Å². The first-order valence-corrected chi connectivity index (χ1v) is 4.38. The van der Waals surface area contributed by atoms with Crippen molar-refractivity contribution in [2.24, 2.45) is 0 Å². The third-order valence-electron chi connectivity index (χ3n) is 1.79. The van der Waals surface area contributed by atoms with E-state index in [4.69, 9.17) is 5.11 Å². The van der Waals surface area contributed by atoms with Gasteiger partial charge in [0.2, 0.25) is 0 Å². The van der Waals surface area contributed by atoms with E-state index in [1.165, 1.54) is 0 Å². The molecule has 0 radical (unpaired) electrons. The van der Waals surface area contributed by atoms with Crippen molar-refractivity contribution in [2.45, 2.75) is 13.0 Å². The van der Waals surface area contributed by atoms with Crippen LogP contribution in [0.5, 0.6) is 0 Å². The van der Waals surface area contributed by atoms with E-state index in [1.54, 1.807) is 0 Å². The van der Waals surface area contributed by atoms with Crippen LogP contribution in [0.2, 0.25) is 0 Å². The first-order chi connectivity index (χ1) is 6.68. The van der Waals surface area contributed by atoms with Crippen molar-refractivity contribution >= 4 is 5.97 Å². The molecular weight excluding hydrogens is 182 g/mol. The second kappa shape index (κ2) is 5.36. The fourth-order valence-electron chi connectivity index (χ4n) is 1.10. The molecule has 0 unspecified atom stereocenters. The van der Waals surface area contributed by atoms with Gasteiger partial charge in [-0.1, -0.05) is 30.3 Å². The molecule has 1 aromatic rings. The minimum atomic E-state index is -0.905. The fourth-order valence-corrected chi connectivity index (χ4v) is 1.10. The van der Waals surface area contributed by atoms with Gasteiger partial charge in [0.1, 0.15) is 0 Å². The number of hydrogen-bond acceptors (Lipinski definition) is 3. The van der Waals surface area contributed by atoms with Crippen LogP contribution in [-0.4, -0.2) is 27.9 Å². The number of carboxylic acid groups (broad SMARTS) is 1. The zero-order valence-corrected chi connectivity index (χ0v) is 7.76. The Morgan fingerprint density at radius 3 is 2.50 bits per heavy atom. The number of aliphatic carboxylic acids is 1. The SMILES string of the molecule is O=C(O)CCN(O)Cc1ccccc1. The summed E-state index contributed by atoms with van der Waals surface area (Å²) in [5.41, 5.74) is 0.959. The van der Waals surface area contributed by atoms with Crippen LogP contribution in [0.1, 0.15) is 12.0 Å². The lowest BCUT2D eigenvalue weighted by molar-refractivity contribution is -0.143. The van der Waals surface area contributed by atoms with Gasteiger partial charge in [-0.15, -0.1) is 0 Å². The smallest absolute Gasteiger partial charge is 0.304 e. The van der Waals surface area contributed by atoms with Crippen LogP contribution >= 0.6 is 0 Å². The van der Waals surface area contributed by atoms with Gasteiger partial charge in [0.05, 0.1) is 6.42 Å². The van der Waals surface area contributed by atoms with E-state index in [-0.39, 0.29) is 13.0 Å². The first-order valence-electron chi connectivity index (χ1n) is 4.38. The van der Waals surface area contributed by atoms with Gasteiger partial charge in [-0.05, 0) is 5.56 Å². The lowest BCUT2D eigenvalue weighted by Crippen LogP contribution is -2.21. The molecule has 0 atom stereocenters. The predicted octanol–water partition coefficient (Wildman–Crippen LogP) is 1.35. The highest BCUT2D eigenvalue weighted by molar-refractivity contribution is 5.66. The molecule has 1 aromatic carbocycles. The molecule has 4 nitrogen and oxygen atoms in total. The number of nitrogens with zero attached hydrogens (tertiary/aromatic N) is 1. The standard InChI is InChI=1S/C10H13NO3/c12-10(13)6-7-11(14)8-9-4-2-1-3-5-9/h1-5,14H,6-8H2,(H,12,13). The van der Waals surface area contributed by atoms with Gasteiger partial charge in [0, 0.05) is 13.1 Å². The molecule has 2 N–H and O–H groups in total. The van der Waals surface area contributed by atoms with Crippen LogP contribution in [0, 0.1) is 0 Å². The van der Waals surface area contributed by atoms with Gasteiger partial charge in [-0.3, -0.25) is 4.79 Å². The van der Waals surface area contributed by atoms with E-state index >= 15 is 0 Å². The molecule has 4 heteroatoms. The lowest BCUT2D eigenvalue weighted by atomic mass is 10.2. The maximum atomic E-state index is 10.2. The summed E-state index contributed by atoms with van der Waals surface area (Å²) in [5, 5.41) is 18.7. The molecule has 0 aliphatic rings. The van der Waals surface area contributed by atoms with Gasteiger partial charge in [0.25, 0.3) is 0 Å². The minimum Gasteiger partial charge on any atom is -0.481 e. The number of hydrogen-bond donors (Lipinski definition) is 2. The number of benzene rings is 1. The van der Waals surface area contributed by atoms with E-state index in [0.29, 0.717) is 6.54 Å². The van der Waals surface area contributed by atoms with Gasteiger partial charge in [0.15, 0.2) is 0 Å². The van der Waals surface area contributed by atoms with Crippen LogP contribution in [0.3, 0.4) is 0 Å². The average Bonchev–Trinajstić information content (AvgIpc) is 2.16. The van der Waals surface area contributed by atoms with Crippen molar-refractivity contribution in [2.75, 3.05) is 6.54 Å². The Kier molecular flexibility index (Phi) is 4.10. The minimum absolute atomic E-state index is 0.0522. The van der Waals surface area contributed by atoms with E-state index in [1.807, 2.05) is 30.3 Å². The molecule has 0 aliphatic carbocycles. The Morgan fingerprint density at radius 2 is 1.93 bits per heavy atom. The molecule has 14 heavy (non-hydrogen) atoms. The van der Waals surface area contributed by atoms with Crippen molar-refractivity contribution < 1.29 is 15.1 Å². The van der Waals surface area contributed by atoms with Crippen LogP contribution in [-0.2, 0) is 11.3 Å². The van der Waals surface area contributed by atoms with Gasteiger partial charge < -0.3 is 10.3 Å². The van der Waals surface area contributed by atoms with Gasteiger partial charge >= 0.3 is 5.97 Å². The monoisotopic (exact) mass is 195 g/mol. The van der Waals surface area contributed by atoms with Crippen LogP contribution < -0.4 is 0 Å². The summed E-state index contributed by atoms with van der Waals surface area (Å²) in [5.74, 6) is -0.905. The van der Waals surface area contributed by atoms with E-state index in [9.17, 15) is 10.0 Å². The third-order valence-corrected chi connectivity index (χ3v) is 1.79. The maximum absolute atomic E-state index is 10.2. The molecule has 0 saturated carbocycles. The summed E-state index contributed by atoms with van der Waals surface area (Å²) in [6.07, 6.45) is -0.0522. The van der Waals surface area contributed by atoms with Crippen LogP contribution in [0.4, 0.5) is 0 Å². The molecule has 0 saturated heterocycles. The Balaban J connectivity index is 2.34. The zero-order chi connectivity index (χ0) is 10.4. The molecule has 0 bridgehead atoms. The Morgan fingerprint density at radius 1 is 1.29 bits per heavy atom. The molecule has 0 spiro atoms. The van der Waals surface area contributed by atoms with Gasteiger partial charge in [-0.2, -0.15) is 5.06 Å². The number of carboxylic acids is 1. The van der Waals surface area contributed by atoms with Crippen molar-refractivity contribution in [3.63, 3.8) is 0 Å². The first kappa shape index (κ1) is 10.7. The largest absolute Gasteiger partial charge is 0.481 e. The van der Waals surface area contributed by atoms with E-state index < -0.39 is 5.97 Å². The number of rotatable bonds is 5. The third kappa shape index (κ3) is 4.02. The predicted molar refractivity (Wildman–Crippen MR) is 50.9 cm³/mol. The number of hydroxylamine groups is 2.